The standard InChI is InChI=1S/C25H27BO6/c1-15(27)13-18(16-9-7-6-8-10-16)21-22(28)19-14-17(11-12-20(19)30-23(21)29)26-31-24(2,3)25(4,5)32-26/h6-12,14,18,28H,13H2,1-5H3. The van der Waals surface area contributed by atoms with Gasteiger partial charge in [-0.3, -0.25) is 4.79 Å². The van der Waals surface area contributed by atoms with Crippen LogP contribution < -0.4 is 11.1 Å². The first kappa shape index (κ1) is 22.3. The third-order valence-electron chi connectivity index (χ3n) is 6.50. The lowest BCUT2D eigenvalue weighted by Crippen LogP contribution is -2.41. The van der Waals surface area contributed by atoms with E-state index in [0.29, 0.717) is 10.8 Å². The normalized spacial score (nSPS) is 18.1. The number of hydrogen-bond donors (Lipinski definition) is 1. The molecule has 1 aliphatic rings. The summed E-state index contributed by atoms with van der Waals surface area (Å²) in [6.45, 7) is 9.33. The average Bonchev–Trinajstić information content (AvgIpc) is 2.94. The fraction of sp³-hybridized carbons (Fsp3) is 0.360. The largest absolute Gasteiger partial charge is 0.507 e. The van der Waals surface area contributed by atoms with E-state index in [2.05, 4.69) is 0 Å². The molecule has 2 aromatic carbocycles. The first-order valence-electron chi connectivity index (χ1n) is 10.7. The highest BCUT2D eigenvalue weighted by atomic mass is 16.7. The number of ketones is 1. The van der Waals surface area contributed by atoms with Crippen molar-refractivity contribution in [3.05, 3.63) is 70.1 Å². The van der Waals surface area contributed by atoms with Crippen molar-refractivity contribution in [3.63, 3.8) is 0 Å². The Morgan fingerprint density at radius 3 is 2.25 bits per heavy atom. The molecular weight excluding hydrogens is 407 g/mol. The fourth-order valence-electron chi connectivity index (χ4n) is 4.01. The van der Waals surface area contributed by atoms with E-state index < -0.39 is 29.9 Å². The van der Waals surface area contributed by atoms with E-state index in [0.717, 1.165) is 5.56 Å². The Kier molecular flexibility index (Phi) is 5.51. The molecule has 0 spiro atoms. The van der Waals surface area contributed by atoms with Gasteiger partial charge in [0.2, 0.25) is 0 Å². The van der Waals surface area contributed by atoms with Gasteiger partial charge in [0.25, 0.3) is 0 Å². The minimum atomic E-state index is -0.659. The molecule has 1 aliphatic heterocycles. The predicted octanol–water partition coefficient (Wildman–Crippen LogP) is 3.91. The molecule has 1 unspecified atom stereocenters. The Morgan fingerprint density at radius 1 is 1.03 bits per heavy atom. The lowest BCUT2D eigenvalue weighted by atomic mass is 9.78. The van der Waals surface area contributed by atoms with Gasteiger partial charge in [0.1, 0.15) is 17.1 Å². The minimum absolute atomic E-state index is 0.0740. The number of carbonyl (C=O) groups is 1. The smallest absolute Gasteiger partial charge is 0.494 e. The zero-order valence-corrected chi connectivity index (χ0v) is 19.0. The lowest BCUT2D eigenvalue weighted by Gasteiger charge is -2.32. The van der Waals surface area contributed by atoms with Gasteiger partial charge >= 0.3 is 12.7 Å². The summed E-state index contributed by atoms with van der Waals surface area (Å²) in [5.41, 5.74) is 0.108. The molecule has 2 heterocycles. The van der Waals surface area contributed by atoms with Gasteiger partial charge in [-0.2, -0.15) is 0 Å². The highest BCUT2D eigenvalue weighted by molar-refractivity contribution is 6.62. The maximum atomic E-state index is 12.9. The summed E-state index contributed by atoms with van der Waals surface area (Å²) < 4.78 is 17.8. The molecule has 0 bridgehead atoms. The van der Waals surface area contributed by atoms with Crippen LogP contribution in [-0.4, -0.2) is 29.2 Å². The van der Waals surface area contributed by atoms with Crippen LogP contribution in [-0.2, 0) is 14.1 Å². The van der Waals surface area contributed by atoms with Gasteiger partial charge in [-0.15, -0.1) is 0 Å². The molecule has 6 nitrogen and oxygen atoms in total. The number of benzene rings is 2. The second-order valence-corrected chi connectivity index (χ2v) is 9.37. The van der Waals surface area contributed by atoms with Crippen molar-refractivity contribution < 1.29 is 23.6 Å². The third-order valence-corrected chi connectivity index (χ3v) is 6.50. The van der Waals surface area contributed by atoms with E-state index >= 15 is 0 Å². The minimum Gasteiger partial charge on any atom is -0.507 e. The molecule has 0 saturated carbocycles. The topological polar surface area (TPSA) is 86.0 Å². The average molecular weight is 434 g/mol. The van der Waals surface area contributed by atoms with Crippen molar-refractivity contribution in [2.24, 2.45) is 0 Å². The molecule has 166 valence electrons. The molecule has 0 aliphatic carbocycles. The number of aromatic hydroxyl groups is 1. The van der Waals surface area contributed by atoms with Crippen LogP contribution in [0.5, 0.6) is 5.75 Å². The molecule has 0 radical (unpaired) electrons. The first-order valence-corrected chi connectivity index (χ1v) is 10.7. The molecule has 0 amide bonds. The molecule has 7 heteroatoms. The SMILES string of the molecule is CC(=O)CC(c1ccccc1)c1c(O)c2cc(B3OC(C)(C)C(C)(C)O3)ccc2oc1=O. The molecular formula is C25H27BO6. The van der Waals surface area contributed by atoms with Crippen LogP contribution in [0.3, 0.4) is 0 Å². The monoisotopic (exact) mass is 434 g/mol. The molecule has 1 fully saturated rings. The Hall–Kier alpha value is -2.90. The maximum absolute atomic E-state index is 12.9. The lowest BCUT2D eigenvalue weighted by molar-refractivity contribution is -0.117. The van der Waals surface area contributed by atoms with Crippen molar-refractivity contribution >= 4 is 29.3 Å². The van der Waals surface area contributed by atoms with Gasteiger partial charge in [0.05, 0.1) is 22.2 Å². The third kappa shape index (κ3) is 3.87. The Labute approximate surface area is 187 Å². The van der Waals surface area contributed by atoms with E-state index in [9.17, 15) is 14.7 Å². The van der Waals surface area contributed by atoms with E-state index in [-0.39, 0.29) is 29.1 Å². The van der Waals surface area contributed by atoms with Crippen molar-refractivity contribution in [3.8, 4) is 5.75 Å². The van der Waals surface area contributed by atoms with Crippen molar-refractivity contribution in [1.29, 1.82) is 0 Å². The van der Waals surface area contributed by atoms with Gasteiger partial charge in [-0.25, -0.2) is 4.79 Å². The number of Topliss-reactive ketones (excluding diaryl/α,β-unsaturated/α-hetero) is 1. The number of rotatable bonds is 5. The van der Waals surface area contributed by atoms with Crippen molar-refractivity contribution in [1.82, 2.24) is 0 Å². The summed E-state index contributed by atoms with van der Waals surface area (Å²) in [7, 11) is -0.624. The second-order valence-electron chi connectivity index (χ2n) is 9.37. The van der Waals surface area contributed by atoms with Crippen LogP contribution in [0.25, 0.3) is 11.0 Å². The molecule has 32 heavy (non-hydrogen) atoms. The number of carbonyl (C=O) groups excluding carboxylic acids is 1. The van der Waals surface area contributed by atoms with Crippen LogP contribution in [0.15, 0.2) is 57.7 Å². The molecule has 1 N–H and O–H groups in total. The zero-order chi connectivity index (χ0) is 23.3. The highest BCUT2D eigenvalue weighted by Crippen LogP contribution is 2.38. The summed E-state index contributed by atoms with van der Waals surface area (Å²) >= 11 is 0. The summed E-state index contributed by atoms with van der Waals surface area (Å²) in [4.78, 5) is 24.9. The van der Waals surface area contributed by atoms with E-state index in [1.54, 1.807) is 18.2 Å². The number of hydrogen-bond acceptors (Lipinski definition) is 6. The molecule has 4 rings (SSSR count). The van der Waals surface area contributed by atoms with E-state index in [1.807, 2.05) is 58.0 Å². The molecule has 1 saturated heterocycles. The quantitative estimate of drug-likeness (QED) is 0.484. The Bertz CT molecular complexity index is 1210. The second kappa shape index (κ2) is 7.91. The Morgan fingerprint density at radius 2 is 1.66 bits per heavy atom. The molecule has 1 aromatic heterocycles. The zero-order valence-electron chi connectivity index (χ0n) is 19.0. The summed E-state index contributed by atoms with van der Waals surface area (Å²) in [6.07, 6.45) is 0.0742. The van der Waals surface area contributed by atoms with E-state index in [1.165, 1.54) is 6.92 Å². The Balaban J connectivity index is 1.84. The van der Waals surface area contributed by atoms with Gasteiger partial charge in [-0.05, 0) is 57.8 Å². The first-order chi connectivity index (χ1) is 15.0. The fourth-order valence-corrected chi connectivity index (χ4v) is 4.01. The van der Waals surface area contributed by atoms with Crippen molar-refractivity contribution in [2.75, 3.05) is 0 Å². The van der Waals surface area contributed by atoms with Gasteiger partial charge in [0, 0.05) is 12.3 Å². The highest BCUT2D eigenvalue weighted by Gasteiger charge is 2.51. The number of fused-ring (bicyclic) bond motifs is 1. The van der Waals surface area contributed by atoms with Crippen molar-refractivity contribution in [2.45, 2.75) is 58.2 Å². The molecule has 1 atom stereocenters. The van der Waals surface area contributed by atoms with Crippen LogP contribution in [0, 0.1) is 0 Å². The molecule has 3 aromatic rings. The van der Waals surface area contributed by atoms with Crippen LogP contribution in [0.4, 0.5) is 0 Å². The van der Waals surface area contributed by atoms with Gasteiger partial charge < -0.3 is 18.8 Å². The maximum Gasteiger partial charge on any atom is 0.494 e. The van der Waals surface area contributed by atoms with E-state index in [4.69, 9.17) is 13.7 Å². The summed E-state index contributed by atoms with van der Waals surface area (Å²) in [5, 5.41) is 11.6. The van der Waals surface area contributed by atoms with Gasteiger partial charge in [0.15, 0.2) is 0 Å². The van der Waals surface area contributed by atoms with Crippen LogP contribution >= 0.6 is 0 Å². The summed E-state index contributed by atoms with van der Waals surface area (Å²) in [6, 6.07) is 14.3. The predicted molar refractivity (Wildman–Crippen MR) is 123 cm³/mol. The van der Waals surface area contributed by atoms with Crippen LogP contribution in [0.2, 0.25) is 0 Å². The van der Waals surface area contributed by atoms with Crippen LogP contribution in [0.1, 0.15) is 58.1 Å². The van der Waals surface area contributed by atoms with Gasteiger partial charge in [-0.1, -0.05) is 36.4 Å². The summed E-state index contributed by atoms with van der Waals surface area (Å²) in [5.74, 6) is -0.900.